The highest BCUT2D eigenvalue weighted by molar-refractivity contribution is 7.89. The largest absolute Gasteiger partial charge is 0.355 e. The van der Waals surface area contributed by atoms with E-state index in [9.17, 15) is 13.2 Å². The molecule has 0 spiro atoms. The van der Waals surface area contributed by atoms with Crippen LogP contribution in [0.25, 0.3) is 0 Å². The molecule has 0 heterocycles. The predicted octanol–water partition coefficient (Wildman–Crippen LogP) is 3.08. The van der Waals surface area contributed by atoms with Gasteiger partial charge in [0.05, 0.1) is 11.4 Å². The second kappa shape index (κ2) is 10.2. The molecule has 2 aromatic rings. The molecule has 1 amide bonds. The minimum absolute atomic E-state index is 0.178. The molecule has 0 fully saturated rings. The van der Waals surface area contributed by atoms with E-state index in [4.69, 9.17) is 0 Å². The Hall–Kier alpha value is -2.18. The predicted molar refractivity (Wildman–Crippen MR) is 108 cm³/mol. The number of benzene rings is 2. The molecule has 2 rings (SSSR count). The Bertz CT molecular complexity index is 806. The maximum Gasteiger partial charge on any atom is 0.243 e. The van der Waals surface area contributed by atoms with Crippen molar-refractivity contribution in [2.45, 2.75) is 31.6 Å². The first-order chi connectivity index (χ1) is 12.9. The van der Waals surface area contributed by atoms with Gasteiger partial charge >= 0.3 is 0 Å². The van der Waals surface area contributed by atoms with E-state index >= 15 is 0 Å². The van der Waals surface area contributed by atoms with Gasteiger partial charge in [-0.05, 0) is 36.5 Å². The lowest BCUT2D eigenvalue weighted by atomic mass is 10.1. The Kier molecular flexibility index (Phi) is 8.00. The van der Waals surface area contributed by atoms with Gasteiger partial charge in [0.2, 0.25) is 15.9 Å². The van der Waals surface area contributed by atoms with Crippen LogP contribution in [0.5, 0.6) is 0 Å². The number of hydrogen-bond acceptors (Lipinski definition) is 3. The van der Waals surface area contributed by atoms with Crippen LogP contribution in [0, 0.1) is 5.92 Å². The van der Waals surface area contributed by atoms with Gasteiger partial charge in [-0.15, -0.1) is 0 Å². The van der Waals surface area contributed by atoms with E-state index in [2.05, 4.69) is 19.2 Å². The first kappa shape index (κ1) is 21.1. The van der Waals surface area contributed by atoms with Gasteiger partial charge in [0.25, 0.3) is 0 Å². The lowest BCUT2D eigenvalue weighted by molar-refractivity contribution is -0.121. The number of amides is 1. The van der Waals surface area contributed by atoms with Crippen molar-refractivity contribution in [1.82, 2.24) is 9.62 Å². The number of carbonyl (C=O) groups is 1. The fraction of sp³-hybridized carbons (Fsp3) is 0.381. The van der Waals surface area contributed by atoms with Crippen LogP contribution in [0.1, 0.15) is 25.8 Å². The molecule has 0 aliphatic carbocycles. The fourth-order valence-corrected chi connectivity index (χ4v) is 4.06. The van der Waals surface area contributed by atoms with Crippen molar-refractivity contribution in [3.63, 3.8) is 0 Å². The maximum absolute atomic E-state index is 13.0. The highest BCUT2D eigenvalue weighted by Gasteiger charge is 2.26. The van der Waals surface area contributed by atoms with Crippen molar-refractivity contribution in [2.75, 3.05) is 19.6 Å². The first-order valence-electron chi connectivity index (χ1n) is 9.25. The molecule has 0 aliphatic heterocycles. The van der Waals surface area contributed by atoms with Crippen molar-refractivity contribution in [3.8, 4) is 0 Å². The Morgan fingerprint density at radius 2 is 1.59 bits per heavy atom. The summed E-state index contributed by atoms with van der Waals surface area (Å²) in [7, 11) is -3.74. The van der Waals surface area contributed by atoms with Gasteiger partial charge in [-0.3, -0.25) is 4.79 Å². The molecule has 0 atom stereocenters. The van der Waals surface area contributed by atoms with Crippen molar-refractivity contribution in [3.05, 3.63) is 66.2 Å². The average molecular weight is 389 g/mol. The standard InChI is InChI=1S/C21H28N2O3S/c1-18(2)13-15-22-21(24)17-23(16-14-19-9-5-3-6-10-19)27(25,26)20-11-7-4-8-12-20/h3-12,18H,13-17H2,1-2H3,(H,22,24). The summed E-state index contributed by atoms with van der Waals surface area (Å²) in [5.41, 5.74) is 1.03. The van der Waals surface area contributed by atoms with Crippen molar-refractivity contribution in [1.29, 1.82) is 0 Å². The molecule has 0 unspecified atom stereocenters. The van der Waals surface area contributed by atoms with Crippen molar-refractivity contribution < 1.29 is 13.2 Å². The second-order valence-corrected chi connectivity index (χ2v) is 8.86. The van der Waals surface area contributed by atoms with Gasteiger partial charge in [0, 0.05) is 13.1 Å². The Morgan fingerprint density at radius 3 is 2.19 bits per heavy atom. The van der Waals surface area contributed by atoms with Gasteiger partial charge in [-0.2, -0.15) is 4.31 Å². The molecule has 0 saturated heterocycles. The number of carbonyl (C=O) groups excluding carboxylic acids is 1. The SMILES string of the molecule is CC(C)CCNC(=O)CN(CCc1ccccc1)S(=O)(=O)c1ccccc1. The molecular weight excluding hydrogens is 360 g/mol. The molecule has 146 valence electrons. The molecule has 0 aliphatic rings. The third-order valence-electron chi connectivity index (χ3n) is 4.24. The molecule has 2 aromatic carbocycles. The monoisotopic (exact) mass is 388 g/mol. The highest BCUT2D eigenvalue weighted by atomic mass is 32.2. The Morgan fingerprint density at radius 1 is 1.00 bits per heavy atom. The third-order valence-corrected chi connectivity index (χ3v) is 6.10. The van der Waals surface area contributed by atoms with Gasteiger partial charge in [0.1, 0.15) is 0 Å². The van der Waals surface area contributed by atoms with Crippen LogP contribution in [0.2, 0.25) is 0 Å². The molecule has 0 radical (unpaired) electrons. The minimum atomic E-state index is -3.74. The van der Waals surface area contributed by atoms with Crippen LogP contribution in [-0.2, 0) is 21.2 Å². The first-order valence-corrected chi connectivity index (χ1v) is 10.7. The van der Waals surface area contributed by atoms with Gasteiger partial charge < -0.3 is 5.32 Å². The van der Waals surface area contributed by atoms with Gasteiger partial charge in [0.15, 0.2) is 0 Å². The van der Waals surface area contributed by atoms with E-state index in [0.717, 1.165) is 12.0 Å². The summed E-state index contributed by atoms with van der Waals surface area (Å²) in [4.78, 5) is 12.5. The number of nitrogens with one attached hydrogen (secondary N) is 1. The molecule has 1 N–H and O–H groups in total. The summed E-state index contributed by atoms with van der Waals surface area (Å²) >= 11 is 0. The number of rotatable bonds is 10. The average Bonchev–Trinajstić information content (AvgIpc) is 2.66. The summed E-state index contributed by atoms with van der Waals surface area (Å²) in [5, 5.41) is 2.82. The zero-order valence-electron chi connectivity index (χ0n) is 16.0. The fourth-order valence-electron chi connectivity index (χ4n) is 2.64. The van der Waals surface area contributed by atoms with Crippen molar-refractivity contribution in [2.24, 2.45) is 5.92 Å². The van der Waals surface area contributed by atoms with Crippen LogP contribution in [-0.4, -0.2) is 38.3 Å². The Labute approximate surface area is 162 Å². The quantitative estimate of drug-likeness (QED) is 0.680. The summed E-state index contributed by atoms with van der Waals surface area (Å²) in [6.45, 7) is 4.78. The lowest BCUT2D eigenvalue weighted by Gasteiger charge is -2.22. The molecule has 0 aromatic heterocycles. The summed E-state index contributed by atoms with van der Waals surface area (Å²) in [6.07, 6.45) is 1.41. The highest BCUT2D eigenvalue weighted by Crippen LogP contribution is 2.16. The maximum atomic E-state index is 13.0. The Balaban J connectivity index is 2.11. The number of sulfonamides is 1. The van der Waals surface area contributed by atoms with E-state index in [1.54, 1.807) is 30.3 Å². The number of hydrogen-bond donors (Lipinski definition) is 1. The minimum Gasteiger partial charge on any atom is -0.355 e. The van der Waals surface area contributed by atoms with E-state index < -0.39 is 10.0 Å². The molecule has 5 nitrogen and oxygen atoms in total. The van der Waals surface area contributed by atoms with Crippen LogP contribution in [0.3, 0.4) is 0 Å². The molecule has 0 bridgehead atoms. The van der Waals surface area contributed by atoms with Crippen LogP contribution < -0.4 is 5.32 Å². The molecule has 0 saturated carbocycles. The van der Waals surface area contributed by atoms with Gasteiger partial charge in [-0.1, -0.05) is 62.4 Å². The molecular formula is C21H28N2O3S. The third kappa shape index (κ3) is 6.81. The molecule has 27 heavy (non-hydrogen) atoms. The normalized spacial score (nSPS) is 11.7. The van der Waals surface area contributed by atoms with Crippen LogP contribution in [0.4, 0.5) is 0 Å². The summed E-state index contributed by atoms with van der Waals surface area (Å²) in [5.74, 6) is 0.204. The van der Waals surface area contributed by atoms with Gasteiger partial charge in [-0.25, -0.2) is 8.42 Å². The van der Waals surface area contributed by atoms with Crippen LogP contribution >= 0.6 is 0 Å². The number of nitrogens with zero attached hydrogens (tertiary/aromatic N) is 1. The molecule has 6 heteroatoms. The summed E-state index contributed by atoms with van der Waals surface area (Å²) in [6, 6.07) is 17.9. The summed E-state index contributed by atoms with van der Waals surface area (Å²) < 4.78 is 27.3. The van der Waals surface area contributed by atoms with E-state index in [-0.39, 0.29) is 23.9 Å². The van der Waals surface area contributed by atoms with E-state index in [1.807, 2.05) is 30.3 Å². The van der Waals surface area contributed by atoms with E-state index in [0.29, 0.717) is 18.9 Å². The lowest BCUT2D eigenvalue weighted by Crippen LogP contribution is -2.42. The smallest absolute Gasteiger partial charge is 0.243 e. The van der Waals surface area contributed by atoms with E-state index in [1.165, 1.54) is 4.31 Å². The van der Waals surface area contributed by atoms with Crippen molar-refractivity contribution >= 4 is 15.9 Å². The zero-order chi connectivity index (χ0) is 19.7. The zero-order valence-corrected chi connectivity index (χ0v) is 16.8. The van der Waals surface area contributed by atoms with Crippen LogP contribution in [0.15, 0.2) is 65.6 Å². The topological polar surface area (TPSA) is 66.5 Å². The second-order valence-electron chi connectivity index (χ2n) is 6.92.